The maximum Gasteiger partial charge on any atom is 0.227 e. The molecule has 0 unspecified atom stereocenters. The number of rotatable bonds is 4. The van der Waals surface area contributed by atoms with E-state index in [4.69, 9.17) is 4.42 Å². The molecule has 1 aromatic carbocycles. The van der Waals surface area contributed by atoms with Crippen molar-refractivity contribution in [2.75, 3.05) is 13.1 Å². The van der Waals surface area contributed by atoms with Crippen LogP contribution in [-0.4, -0.2) is 23.9 Å². The summed E-state index contributed by atoms with van der Waals surface area (Å²) in [7, 11) is 0. The Balaban J connectivity index is 2.26. The van der Waals surface area contributed by atoms with E-state index in [9.17, 15) is 9.18 Å². The number of carbonyl (C=O) groups is 1. The van der Waals surface area contributed by atoms with Crippen molar-refractivity contribution in [3.05, 3.63) is 35.8 Å². The molecule has 1 heterocycles. The van der Waals surface area contributed by atoms with E-state index in [-0.39, 0.29) is 18.1 Å². The Kier molecular flexibility index (Phi) is 3.65. The van der Waals surface area contributed by atoms with Crippen molar-refractivity contribution >= 4 is 16.9 Å². The molecule has 0 aliphatic rings. The SMILES string of the molecule is CCN(CC)C(=O)Cc1coc2ccc(F)cc12. The third kappa shape index (κ3) is 2.37. The number of nitrogens with zero attached hydrogens (tertiary/aromatic N) is 1. The van der Waals surface area contributed by atoms with E-state index >= 15 is 0 Å². The maximum atomic E-state index is 13.2. The number of amides is 1. The normalized spacial score (nSPS) is 10.8. The molecule has 0 atom stereocenters. The summed E-state index contributed by atoms with van der Waals surface area (Å²) in [5, 5.41) is 0.676. The molecule has 96 valence electrons. The summed E-state index contributed by atoms with van der Waals surface area (Å²) in [6, 6.07) is 4.33. The van der Waals surface area contributed by atoms with Crippen LogP contribution < -0.4 is 0 Å². The Bertz CT molecular complexity index is 558. The highest BCUT2D eigenvalue weighted by molar-refractivity contribution is 5.87. The predicted molar refractivity (Wildman–Crippen MR) is 67.8 cm³/mol. The summed E-state index contributed by atoms with van der Waals surface area (Å²) >= 11 is 0. The monoisotopic (exact) mass is 249 g/mol. The fourth-order valence-electron chi connectivity index (χ4n) is 2.04. The molecular formula is C14H16FNO2. The number of halogens is 1. The van der Waals surface area contributed by atoms with Crippen LogP contribution in [0.5, 0.6) is 0 Å². The van der Waals surface area contributed by atoms with E-state index in [1.54, 1.807) is 11.0 Å². The molecule has 0 saturated heterocycles. The maximum absolute atomic E-state index is 13.2. The lowest BCUT2D eigenvalue weighted by molar-refractivity contribution is -0.130. The number of fused-ring (bicyclic) bond motifs is 1. The van der Waals surface area contributed by atoms with Crippen molar-refractivity contribution in [2.24, 2.45) is 0 Å². The number of furan rings is 1. The molecule has 0 saturated carbocycles. The lowest BCUT2D eigenvalue weighted by Gasteiger charge is -2.18. The Labute approximate surface area is 105 Å². The second kappa shape index (κ2) is 5.21. The molecule has 0 spiro atoms. The first-order valence-electron chi connectivity index (χ1n) is 6.09. The van der Waals surface area contributed by atoms with Crippen LogP contribution >= 0.6 is 0 Å². The molecule has 0 radical (unpaired) electrons. The molecule has 3 nitrogen and oxygen atoms in total. The average Bonchev–Trinajstić information content (AvgIpc) is 2.73. The molecule has 1 amide bonds. The van der Waals surface area contributed by atoms with Crippen molar-refractivity contribution < 1.29 is 13.6 Å². The van der Waals surface area contributed by atoms with E-state index in [1.165, 1.54) is 18.4 Å². The first-order chi connectivity index (χ1) is 8.65. The predicted octanol–water partition coefficient (Wildman–Crippen LogP) is 2.98. The van der Waals surface area contributed by atoms with Crippen LogP contribution in [-0.2, 0) is 11.2 Å². The van der Waals surface area contributed by atoms with Gasteiger partial charge >= 0.3 is 0 Å². The van der Waals surface area contributed by atoms with Crippen molar-refractivity contribution in [1.82, 2.24) is 4.90 Å². The van der Waals surface area contributed by atoms with Gasteiger partial charge in [-0.15, -0.1) is 0 Å². The Morgan fingerprint density at radius 2 is 2.06 bits per heavy atom. The van der Waals surface area contributed by atoms with E-state index in [1.807, 2.05) is 13.8 Å². The molecule has 0 aliphatic heterocycles. The molecule has 0 fully saturated rings. The topological polar surface area (TPSA) is 33.5 Å². The summed E-state index contributed by atoms with van der Waals surface area (Å²) in [6.07, 6.45) is 1.78. The Morgan fingerprint density at radius 3 is 2.72 bits per heavy atom. The van der Waals surface area contributed by atoms with Gasteiger partial charge in [0.05, 0.1) is 12.7 Å². The van der Waals surface area contributed by atoms with E-state index in [2.05, 4.69) is 0 Å². The first-order valence-corrected chi connectivity index (χ1v) is 6.09. The quantitative estimate of drug-likeness (QED) is 0.834. The van der Waals surface area contributed by atoms with Crippen LogP contribution in [0.1, 0.15) is 19.4 Å². The van der Waals surface area contributed by atoms with Gasteiger partial charge in [0.2, 0.25) is 5.91 Å². The minimum absolute atomic E-state index is 0.0342. The summed E-state index contributed by atoms with van der Waals surface area (Å²) in [4.78, 5) is 13.7. The van der Waals surface area contributed by atoms with Crippen LogP contribution in [0.15, 0.2) is 28.9 Å². The van der Waals surface area contributed by atoms with Crippen molar-refractivity contribution in [1.29, 1.82) is 0 Å². The largest absolute Gasteiger partial charge is 0.464 e. The van der Waals surface area contributed by atoms with Gasteiger partial charge in [-0.3, -0.25) is 4.79 Å². The summed E-state index contributed by atoms with van der Waals surface area (Å²) in [6.45, 7) is 5.24. The van der Waals surface area contributed by atoms with Gasteiger partial charge in [-0.1, -0.05) is 0 Å². The molecule has 0 N–H and O–H groups in total. The van der Waals surface area contributed by atoms with Gasteiger partial charge in [0, 0.05) is 24.0 Å². The molecule has 0 bridgehead atoms. The molecule has 2 aromatic rings. The van der Waals surface area contributed by atoms with Gasteiger partial charge in [0.15, 0.2) is 0 Å². The van der Waals surface area contributed by atoms with E-state index < -0.39 is 0 Å². The molecule has 0 aliphatic carbocycles. The molecule has 18 heavy (non-hydrogen) atoms. The number of likely N-dealkylation sites (N-methyl/N-ethyl adjacent to an activating group) is 1. The van der Waals surface area contributed by atoms with Gasteiger partial charge in [0.25, 0.3) is 0 Å². The number of benzene rings is 1. The molecule has 1 aromatic heterocycles. The standard InChI is InChI=1S/C14H16FNO2/c1-3-16(4-2)14(17)7-10-9-18-13-6-5-11(15)8-12(10)13/h5-6,8-9H,3-4,7H2,1-2H3. The fraction of sp³-hybridized carbons (Fsp3) is 0.357. The van der Waals surface area contributed by atoms with Gasteiger partial charge in [-0.05, 0) is 32.0 Å². The number of hydrogen-bond acceptors (Lipinski definition) is 2. The van der Waals surface area contributed by atoms with Crippen molar-refractivity contribution in [3.63, 3.8) is 0 Å². The van der Waals surface area contributed by atoms with Crippen molar-refractivity contribution in [2.45, 2.75) is 20.3 Å². The highest BCUT2D eigenvalue weighted by atomic mass is 19.1. The van der Waals surface area contributed by atoms with Gasteiger partial charge in [0.1, 0.15) is 11.4 Å². The van der Waals surface area contributed by atoms with Crippen LogP contribution in [0.4, 0.5) is 4.39 Å². The lowest BCUT2D eigenvalue weighted by atomic mass is 10.1. The summed E-state index contributed by atoms with van der Waals surface area (Å²) < 4.78 is 18.5. The third-order valence-corrected chi connectivity index (χ3v) is 3.07. The zero-order valence-electron chi connectivity index (χ0n) is 10.6. The zero-order chi connectivity index (χ0) is 13.1. The van der Waals surface area contributed by atoms with E-state index in [0.717, 1.165) is 5.56 Å². The summed E-state index contributed by atoms with van der Waals surface area (Å²) in [5.74, 6) is -0.285. The van der Waals surface area contributed by atoms with Gasteiger partial charge in [-0.25, -0.2) is 4.39 Å². The smallest absolute Gasteiger partial charge is 0.227 e. The highest BCUT2D eigenvalue weighted by Crippen LogP contribution is 2.22. The average molecular weight is 249 g/mol. The first kappa shape index (κ1) is 12.6. The Hall–Kier alpha value is -1.84. The van der Waals surface area contributed by atoms with Crippen molar-refractivity contribution in [3.8, 4) is 0 Å². The molecule has 4 heteroatoms. The molecular weight excluding hydrogens is 233 g/mol. The molecule has 2 rings (SSSR count). The number of carbonyl (C=O) groups excluding carboxylic acids is 1. The van der Waals surface area contributed by atoms with Crippen LogP contribution in [0, 0.1) is 5.82 Å². The van der Waals surface area contributed by atoms with Crippen LogP contribution in [0.25, 0.3) is 11.0 Å². The minimum atomic E-state index is -0.319. The summed E-state index contributed by atoms with van der Waals surface area (Å²) in [5.41, 5.74) is 1.35. The number of hydrogen-bond donors (Lipinski definition) is 0. The zero-order valence-corrected chi connectivity index (χ0v) is 10.6. The third-order valence-electron chi connectivity index (χ3n) is 3.07. The minimum Gasteiger partial charge on any atom is -0.464 e. The fourth-order valence-corrected chi connectivity index (χ4v) is 2.04. The van der Waals surface area contributed by atoms with Gasteiger partial charge < -0.3 is 9.32 Å². The second-order valence-corrected chi connectivity index (χ2v) is 4.14. The van der Waals surface area contributed by atoms with Crippen LogP contribution in [0.3, 0.4) is 0 Å². The highest BCUT2D eigenvalue weighted by Gasteiger charge is 2.14. The Morgan fingerprint density at radius 1 is 1.33 bits per heavy atom. The lowest BCUT2D eigenvalue weighted by Crippen LogP contribution is -2.31. The van der Waals surface area contributed by atoms with Gasteiger partial charge in [-0.2, -0.15) is 0 Å². The van der Waals surface area contributed by atoms with Crippen LogP contribution in [0.2, 0.25) is 0 Å². The van der Waals surface area contributed by atoms with E-state index in [0.29, 0.717) is 24.1 Å². The second-order valence-electron chi connectivity index (χ2n) is 4.14.